The lowest BCUT2D eigenvalue weighted by atomic mass is 10.0. The highest BCUT2D eigenvalue weighted by Crippen LogP contribution is 2.09. The molecule has 0 saturated carbocycles. The molecule has 0 fully saturated rings. The van der Waals surface area contributed by atoms with Crippen molar-refractivity contribution in [3.8, 4) is 0 Å². The molecule has 0 spiro atoms. The first-order valence-electron chi connectivity index (χ1n) is 4.82. The van der Waals surface area contributed by atoms with E-state index in [2.05, 4.69) is 18.6 Å². The van der Waals surface area contributed by atoms with Gasteiger partial charge in [-0.15, -0.1) is 0 Å². The van der Waals surface area contributed by atoms with E-state index in [1.165, 1.54) is 6.26 Å². The number of hydrogen-bond acceptors (Lipinski definition) is 2. The van der Waals surface area contributed by atoms with Crippen molar-refractivity contribution in [2.24, 2.45) is 5.92 Å². The van der Waals surface area contributed by atoms with Crippen LogP contribution in [0.25, 0.3) is 0 Å². The summed E-state index contributed by atoms with van der Waals surface area (Å²) in [4.78, 5) is 0. The van der Waals surface area contributed by atoms with E-state index in [0.29, 0.717) is 5.92 Å². The molecule has 0 radical (unpaired) electrons. The third-order valence-electron chi connectivity index (χ3n) is 1.97. The fourth-order valence-corrected chi connectivity index (χ4v) is 2.07. The van der Waals surface area contributed by atoms with Crippen LogP contribution in [0.1, 0.15) is 40.0 Å². The molecule has 0 aromatic rings. The van der Waals surface area contributed by atoms with Crippen molar-refractivity contribution in [2.75, 3.05) is 6.26 Å². The summed E-state index contributed by atoms with van der Waals surface area (Å²) in [5, 5.41) is 0. The highest BCUT2D eigenvalue weighted by atomic mass is 32.2. The molecule has 0 aliphatic rings. The van der Waals surface area contributed by atoms with Crippen LogP contribution in [0.3, 0.4) is 0 Å². The second-order valence-electron chi connectivity index (χ2n) is 3.97. The lowest BCUT2D eigenvalue weighted by Gasteiger charge is -2.16. The lowest BCUT2D eigenvalue weighted by molar-refractivity contribution is 0.460. The Morgan fingerprint density at radius 3 is 2.08 bits per heavy atom. The highest BCUT2D eigenvalue weighted by molar-refractivity contribution is 7.88. The molecule has 0 rings (SSSR count). The summed E-state index contributed by atoms with van der Waals surface area (Å²) in [6.07, 6.45) is 4.08. The summed E-state index contributed by atoms with van der Waals surface area (Å²) in [7, 11) is -3.03. The minimum Gasteiger partial charge on any atom is -0.213 e. The normalized spacial score (nSPS) is 14.8. The van der Waals surface area contributed by atoms with Gasteiger partial charge in [-0.1, -0.05) is 20.8 Å². The van der Waals surface area contributed by atoms with Crippen molar-refractivity contribution in [1.29, 1.82) is 0 Å². The van der Waals surface area contributed by atoms with Crippen molar-refractivity contribution < 1.29 is 8.42 Å². The molecule has 3 nitrogen and oxygen atoms in total. The van der Waals surface area contributed by atoms with Crippen LogP contribution in [0, 0.1) is 5.92 Å². The first-order chi connectivity index (χ1) is 5.85. The predicted octanol–water partition coefficient (Wildman–Crippen LogP) is 1.75. The maximum atomic E-state index is 10.9. The zero-order chi connectivity index (χ0) is 10.5. The van der Waals surface area contributed by atoms with E-state index in [4.69, 9.17) is 0 Å². The molecule has 4 heteroatoms. The van der Waals surface area contributed by atoms with Gasteiger partial charge in [0.05, 0.1) is 6.26 Å². The summed E-state index contributed by atoms with van der Waals surface area (Å²) in [5.41, 5.74) is 0. The third kappa shape index (κ3) is 8.25. The zero-order valence-corrected chi connectivity index (χ0v) is 9.82. The summed E-state index contributed by atoms with van der Waals surface area (Å²) < 4.78 is 24.5. The fourth-order valence-electron chi connectivity index (χ4n) is 1.18. The molecule has 1 unspecified atom stereocenters. The predicted molar refractivity (Wildman–Crippen MR) is 56.1 cm³/mol. The molecule has 0 aromatic heterocycles. The highest BCUT2D eigenvalue weighted by Gasteiger charge is 2.11. The van der Waals surface area contributed by atoms with Gasteiger partial charge in [-0.25, -0.2) is 13.1 Å². The quantitative estimate of drug-likeness (QED) is 0.721. The molecule has 13 heavy (non-hydrogen) atoms. The Morgan fingerprint density at radius 2 is 1.77 bits per heavy atom. The molecule has 0 aliphatic carbocycles. The van der Waals surface area contributed by atoms with Crippen molar-refractivity contribution in [1.82, 2.24) is 4.72 Å². The Hall–Kier alpha value is -0.0900. The van der Waals surface area contributed by atoms with E-state index in [-0.39, 0.29) is 6.04 Å². The first-order valence-corrected chi connectivity index (χ1v) is 6.71. The van der Waals surface area contributed by atoms with Crippen molar-refractivity contribution in [3.05, 3.63) is 0 Å². The number of hydrogen-bond donors (Lipinski definition) is 1. The second-order valence-corrected chi connectivity index (χ2v) is 5.75. The number of sulfonamides is 1. The molecule has 0 saturated heterocycles. The summed E-state index contributed by atoms with van der Waals surface area (Å²) in [6.45, 7) is 6.30. The van der Waals surface area contributed by atoms with Crippen molar-refractivity contribution in [2.45, 2.75) is 46.1 Å². The van der Waals surface area contributed by atoms with Gasteiger partial charge in [0.25, 0.3) is 0 Å². The molecular formula is C9H21NO2S. The molecule has 0 aromatic carbocycles. The van der Waals surface area contributed by atoms with E-state index in [9.17, 15) is 8.42 Å². The van der Waals surface area contributed by atoms with Crippen LogP contribution in [0.4, 0.5) is 0 Å². The minimum atomic E-state index is -3.03. The van der Waals surface area contributed by atoms with Gasteiger partial charge < -0.3 is 0 Å². The van der Waals surface area contributed by atoms with Gasteiger partial charge in [-0.05, 0) is 25.2 Å². The van der Waals surface area contributed by atoms with Gasteiger partial charge in [0.1, 0.15) is 0 Å². The van der Waals surface area contributed by atoms with Crippen LogP contribution < -0.4 is 4.72 Å². The van der Waals surface area contributed by atoms with Gasteiger partial charge in [0.15, 0.2) is 0 Å². The molecular weight excluding hydrogens is 186 g/mol. The summed E-state index contributed by atoms with van der Waals surface area (Å²) in [6, 6.07) is 0.109. The topological polar surface area (TPSA) is 46.2 Å². The van der Waals surface area contributed by atoms with Gasteiger partial charge in [-0.2, -0.15) is 0 Å². The van der Waals surface area contributed by atoms with Crippen molar-refractivity contribution in [3.63, 3.8) is 0 Å². The van der Waals surface area contributed by atoms with Crippen LogP contribution in [0.2, 0.25) is 0 Å². The van der Waals surface area contributed by atoms with Crippen LogP contribution >= 0.6 is 0 Å². The van der Waals surface area contributed by atoms with Crippen LogP contribution in [0.5, 0.6) is 0 Å². The Kier molecular flexibility index (Phi) is 5.56. The Labute approximate surface area is 82.0 Å². The molecule has 0 bridgehead atoms. The lowest BCUT2D eigenvalue weighted by Crippen LogP contribution is -2.33. The van der Waals surface area contributed by atoms with Crippen molar-refractivity contribution >= 4 is 10.0 Å². The van der Waals surface area contributed by atoms with Crippen LogP contribution in [-0.2, 0) is 10.0 Å². The monoisotopic (exact) mass is 207 g/mol. The first kappa shape index (κ1) is 12.9. The smallest absolute Gasteiger partial charge is 0.208 e. The third-order valence-corrected chi connectivity index (χ3v) is 2.73. The maximum Gasteiger partial charge on any atom is 0.208 e. The molecule has 0 aliphatic heterocycles. The molecule has 0 heterocycles. The number of nitrogens with one attached hydrogen (secondary N) is 1. The average molecular weight is 207 g/mol. The summed E-state index contributed by atoms with van der Waals surface area (Å²) >= 11 is 0. The molecule has 0 amide bonds. The Morgan fingerprint density at radius 1 is 1.23 bits per heavy atom. The van der Waals surface area contributed by atoms with E-state index in [1.807, 2.05) is 6.92 Å². The minimum absolute atomic E-state index is 0.109. The van der Waals surface area contributed by atoms with Crippen LogP contribution in [0.15, 0.2) is 0 Å². The average Bonchev–Trinajstić information content (AvgIpc) is 1.95. The van der Waals surface area contributed by atoms with Gasteiger partial charge in [-0.3, -0.25) is 0 Å². The molecule has 80 valence electrons. The Balaban J connectivity index is 3.91. The van der Waals surface area contributed by atoms with Crippen LogP contribution in [-0.4, -0.2) is 20.7 Å². The second kappa shape index (κ2) is 5.60. The maximum absolute atomic E-state index is 10.9. The van der Waals surface area contributed by atoms with E-state index >= 15 is 0 Å². The number of rotatable bonds is 6. The summed E-state index contributed by atoms with van der Waals surface area (Å²) in [5.74, 6) is 0.635. The standard InChI is InChI=1S/C9H21NO2S/c1-5-9(7-6-8(2)3)10-13(4,11)12/h8-10H,5-7H2,1-4H3. The SMILES string of the molecule is CCC(CCC(C)C)NS(C)(=O)=O. The molecule has 1 atom stereocenters. The van der Waals surface area contributed by atoms with E-state index in [1.54, 1.807) is 0 Å². The largest absolute Gasteiger partial charge is 0.213 e. The van der Waals surface area contributed by atoms with Gasteiger partial charge >= 0.3 is 0 Å². The Bertz CT molecular complexity index is 222. The van der Waals surface area contributed by atoms with E-state index < -0.39 is 10.0 Å². The fraction of sp³-hybridized carbons (Fsp3) is 1.00. The van der Waals surface area contributed by atoms with Gasteiger partial charge in [0, 0.05) is 6.04 Å². The van der Waals surface area contributed by atoms with Gasteiger partial charge in [0.2, 0.25) is 10.0 Å². The zero-order valence-electron chi connectivity index (χ0n) is 9.00. The van der Waals surface area contributed by atoms with E-state index in [0.717, 1.165) is 19.3 Å². The molecule has 1 N–H and O–H groups in total.